The molecule has 2 aromatic rings. The molecule has 1 aromatic heterocycles. The first-order valence-electron chi connectivity index (χ1n) is 4.50. The van der Waals surface area contributed by atoms with Crippen molar-refractivity contribution in [3.05, 3.63) is 29.6 Å². The number of guanidine groups is 1. The van der Waals surface area contributed by atoms with E-state index in [1.165, 1.54) is 11.3 Å². The number of aliphatic imine (C=N–C) groups is 1. The van der Waals surface area contributed by atoms with E-state index >= 15 is 0 Å². The molecule has 0 aliphatic rings. The lowest BCUT2D eigenvalue weighted by Crippen LogP contribution is -2.21. The van der Waals surface area contributed by atoms with E-state index in [-0.39, 0.29) is 24.1 Å². The average molecular weight is 271 g/mol. The SMILES string of the molecule is Cl.NC(N)=Nc1nc(-c2ccc(O)cc2)cs1. The van der Waals surface area contributed by atoms with Crippen LogP contribution in [0.5, 0.6) is 5.75 Å². The van der Waals surface area contributed by atoms with Gasteiger partial charge in [0.2, 0.25) is 5.13 Å². The molecule has 0 spiro atoms. The zero-order chi connectivity index (χ0) is 11.5. The van der Waals surface area contributed by atoms with Crippen LogP contribution < -0.4 is 11.5 Å². The second kappa shape index (κ2) is 5.51. The molecule has 0 bridgehead atoms. The van der Waals surface area contributed by atoms with Gasteiger partial charge in [-0.25, -0.2) is 4.98 Å². The van der Waals surface area contributed by atoms with Crippen molar-refractivity contribution in [2.24, 2.45) is 16.5 Å². The first-order chi connectivity index (χ1) is 7.65. The van der Waals surface area contributed by atoms with Crippen LogP contribution in [0.25, 0.3) is 11.3 Å². The number of aromatic hydroxyl groups is 1. The molecule has 0 aliphatic carbocycles. The van der Waals surface area contributed by atoms with Crippen LogP contribution in [0.15, 0.2) is 34.6 Å². The van der Waals surface area contributed by atoms with Crippen molar-refractivity contribution < 1.29 is 5.11 Å². The van der Waals surface area contributed by atoms with Crippen molar-refractivity contribution in [3.8, 4) is 17.0 Å². The highest BCUT2D eigenvalue weighted by atomic mass is 35.5. The van der Waals surface area contributed by atoms with Gasteiger partial charge in [-0.3, -0.25) is 0 Å². The number of hydrogen-bond acceptors (Lipinski definition) is 4. The molecule has 1 aromatic carbocycles. The Kier molecular flexibility index (Phi) is 4.30. The summed E-state index contributed by atoms with van der Waals surface area (Å²) < 4.78 is 0. The van der Waals surface area contributed by atoms with Gasteiger partial charge < -0.3 is 16.6 Å². The highest BCUT2D eigenvalue weighted by molar-refractivity contribution is 7.13. The van der Waals surface area contributed by atoms with Crippen molar-refractivity contribution in [3.63, 3.8) is 0 Å². The number of nitrogens with two attached hydrogens (primary N) is 2. The summed E-state index contributed by atoms with van der Waals surface area (Å²) >= 11 is 1.36. The summed E-state index contributed by atoms with van der Waals surface area (Å²) in [5.74, 6) is 0.218. The Balaban J connectivity index is 0.00000144. The number of aromatic nitrogens is 1. The first-order valence-corrected chi connectivity index (χ1v) is 5.37. The van der Waals surface area contributed by atoms with Crippen LogP contribution in [0.2, 0.25) is 0 Å². The summed E-state index contributed by atoms with van der Waals surface area (Å²) in [6.45, 7) is 0. The second-order valence-corrected chi connectivity index (χ2v) is 3.94. The zero-order valence-electron chi connectivity index (χ0n) is 8.70. The highest BCUT2D eigenvalue weighted by Gasteiger charge is 2.03. The fourth-order valence-electron chi connectivity index (χ4n) is 1.19. The minimum atomic E-state index is -0.00777. The number of hydrogen-bond donors (Lipinski definition) is 3. The molecule has 90 valence electrons. The number of phenolic OH excluding ortho intramolecular Hbond substituents is 1. The minimum absolute atomic E-state index is 0. The summed E-state index contributed by atoms with van der Waals surface area (Å²) in [5, 5.41) is 11.5. The molecule has 0 saturated heterocycles. The van der Waals surface area contributed by atoms with Gasteiger partial charge in [-0.05, 0) is 24.3 Å². The monoisotopic (exact) mass is 270 g/mol. The van der Waals surface area contributed by atoms with Gasteiger partial charge in [0.1, 0.15) is 5.75 Å². The molecule has 0 radical (unpaired) electrons. The Morgan fingerprint density at radius 2 is 1.88 bits per heavy atom. The summed E-state index contributed by atoms with van der Waals surface area (Å²) in [6.07, 6.45) is 0. The molecule has 0 amide bonds. The van der Waals surface area contributed by atoms with Crippen LogP contribution in [0, 0.1) is 0 Å². The topological polar surface area (TPSA) is 97.5 Å². The van der Waals surface area contributed by atoms with Crippen molar-refractivity contribution in [1.29, 1.82) is 0 Å². The van der Waals surface area contributed by atoms with Gasteiger partial charge in [-0.15, -0.1) is 23.7 Å². The molecule has 0 atom stereocenters. The van der Waals surface area contributed by atoms with Gasteiger partial charge in [-0.2, -0.15) is 4.99 Å². The van der Waals surface area contributed by atoms with E-state index in [9.17, 15) is 0 Å². The Hall–Kier alpha value is -1.79. The molecule has 5 nitrogen and oxygen atoms in total. The van der Waals surface area contributed by atoms with Crippen LogP contribution in [-0.2, 0) is 0 Å². The third-order valence-electron chi connectivity index (χ3n) is 1.88. The fraction of sp³-hybridized carbons (Fsp3) is 0. The van der Waals surface area contributed by atoms with Crippen LogP contribution in [0.1, 0.15) is 0 Å². The minimum Gasteiger partial charge on any atom is -0.508 e. The van der Waals surface area contributed by atoms with Crippen LogP contribution >= 0.6 is 23.7 Å². The maximum atomic E-state index is 9.16. The van der Waals surface area contributed by atoms with Crippen LogP contribution in [0.3, 0.4) is 0 Å². The Bertz CT molecular complexity index is 519. The van der Waals surface area contributed by atoms with Crippen molar-refractivity contribution in [2.45, 2.75) is 0 Å². The molecular weight excluding hydrogens is 260 g/mol. The summed E-state index contributed by atoms with van der Waals surface area (Å²) in [6, 6.07) is 6.77. The molecule has 0 fully saturated rings. The maximum Gasteiger partial charge on any atom is 0.212 e. The van der Waals surface area contributed by atoms with Gasteiger partial charge in [-0.1, -0.05) is 0 Å². The van der Waals surface area contributed by atoms with Gasteiger partial charge in [0.15, 0.2) is 5.96 Å². The van der Waals surface area contributed by atoms with Gasteiger partial charge in [0, 0.05) is 10.9 Å². The van der Waals surface area contributed by atoms with Gasteiger partial charge >= 0.3 is 0 Å². The summed E-state index contributed by atoms with van der Waals surface area (Å²) in [7, 11) is 0. The number of halogens is 1. The molecule has 0 saturated carbocycles. The second-order valence-electron chi connectivity index (χ2n) is 3.10. The Morgan fingerprint density at radius 3 is 2.47 bits per heavy atom. The highest BCUT2D eigenvalue weighted by Crippen LogP contribution is 2.27. The van der Waals surface area contributed by atoms with Gasteiger partial charge in [0.25, 0.3) is 0 Å². The number of benzene rings is 1. The molecule has 2 rings (SSSR count). The quantitative estimate of drug-likeness (QED) is 0.573. The van der Waals surface area contributed by atoms with Gasteiger partial charge in [0.05, 0.1) is 5.69 Å². The maximum absolute atomic E-state index is 9.16. The van der Waals surface area contributed by atoms with Crippen LogP contribution in [0.4, 0.5) is 5.13 Å². The lowest BCUT2D eigenvalue weighted by Gasteiger charge is -1.95. The number of thiazole rings is 1. The summed E-state index contributed by atoms with van der Waals surface area (Å²) in [5.41, 5.74) is 12.2. The largest absolute Gasteiger partial charge is 0.508 e. The predicted molar refractivity (Wildman–Crippen MR) is 71.9 cm³/mol. The van der Waals surface area contributed by atoms with Crippen molar-refractivity contribution in [2.75, 3.05) is 0 Å². The van der Waals surface area contributed by atoms with E-state index in [1.54, 1.807) is 24.3 Å². The van der Waals surface area contributed by atoms with E-state index in [0.29, 0.717) is 5.13 Å². The number of rotatable bonds is 2. The van der Waals surface area contributed by atoms with E-state index in [4.69, 9.17) is 16.6 Å². The zero-order valence-corrected chi connectivity index (χ0v) is 10.3. The van der Waals surface area contributed by atoms with Crippen molar-refractivity contribution in [1.82, 2.24) is 4.98 Å². The smallest absolute Gasteiger partial charge is 0.212 e. The normalized spacial score (nSPS) is 9.41. The third kappa shape index (κ3) is 3.33. The van der Waals surface area contributed by atoms with E-state index in [1.807, 2.05) is 5.38 Å². The average Bonchev–Trinajstić information content (AvgIpc) is 2.66. The number of phenols is 1. The molecule has 1 heterocycles. The van der Waals surface area contributed by atoms with E-state index < -0.39 is 0 Å². The van der Waals surface area contributed by atoms with E-state index in [2.05, 4.69) is 9.98 Å². The molecule has 7 heteroatoms. The lowest BCUT2D eigenvalue weighted by molar-refractivity contribution is 0.475. The van der Waals surface area contributed by atoms with Crippen molar-refractivity contribution >= 4 is 34.8 Å². The molecular formula is C10H11ClN4OS. The molecule has 17 heavy (non-hydrogen) atoms. The number of nitrogens with zero attached hydrogens (tertiary/aromatic N) is 2. The standard InChI is InChI=1S/C10H10N4OS.ClH/c11-9(12)14-10-13-8(5-16-10)6-1-3-7(15)4-2-6;/h1-5,15H,(H4,11,12,13,14);1H. The Labute approximate surface area is 108 Å². The third-order valence-corrected chi connectivity index (χ3v) is 2.61. The Morgan fingerprint density at radius 1 is 1.24 bits per heavy atom. The predicted octanol–water partition coefficient (Wildman–Crippen LogP) is 1.84. The lowest BCUT2D eigenvalue weighted by atomic mass is 10.2. The molecule has 5 N–H and O–H groups in total. The first kappa shape index (κ1) is 13.3. The van der Waals surface area contributed by atoms with Crippen LogP contribution in [-0.4, -0.2) is 16.1 Å². The van der Waals surface area contributed by atoms with E-state index in [0.717, 1.165) is 11.3 Å². The fourth-order valence-corrected chi connectivity index (χ4v) is 1.91. The molecule has 0 aliphatic heterocycles. The molecule has 0 unspecified atom stereocenters. The summed E-state index contributed by atoms with van der Waals surface area (Å²) in [4.78, 5) is 8.09.